The smallest absolute Gasteiger partial charge is 0.239 e. The normalized spacial score (nSPS) is 15.2. The Morgan fingerprint density at radius 3 is 2.61 bits per heavy atom. The van der Waals surface area contributed by atoms with Crippen molar-refractivity contribution in [1.29, 1.82) is 0 Å². The van der Waals surface area contributed by atoms with Gasteiger partial charge in [0, 0.05) is 44.2 Å². The summed E-state index contributed by atoms with van der Waals surface area (Å²) >= 11 is 1.63. The van der Waals surface area contributed by atoms with Crippen molar-refractivity contribution in [3.63, 3.8) is 0 Å². The predicted molar refractivity (Wildman–Crippen MR) is 119 cm³/mol. The number of aromatic nitrogens is 2. The molecule has 164 valence electrons. The zero-order valence-electron chi connectivity index (χ0n) is 17.8. The third-order valence-corrected chi connectivity index (χ3v) is 5.97. The summed E-state index contributed by atoms with van der Waals surface area (Å²) in [5.41, 5.74) is 2.29. The molecule has 3 aromatic rings. The van der Waals surface area contributed by atoms with Crippen molar-refractivity contribution in [3.8, 4) is 5.75 Å². The minimum absolute atomic E-state index is 0.0699. The molecule has 9 heteroatoms. The van der Waals surface area contributed by atoms with E-state index in [1.807, 2.05) is 24.3 Å². The maximum atomic E-state index is 12.2. The average Bonchev–Trinajstić information content (AvgIpc) is 3.37. The van der Waals surface area contributed by atoms with E-state index in [4.69, 9.17) is 14.2 Å². The highest BCUT2D eigenvalue weighted by atomic mass is 32.1. The van der Waals surface area contributed by atoms with Crippen LogP contribution in [0.3, 0.4) is 0 Å². The Labute approximate surface area is 185 Å². The second-order valence-corrected chi connectivity index (χ2v) is 8.70. The molecule has 1 saturated heterocycles. The SMILES string of the molecule is Cc1ccc(OCc2nc(CN3CCN(CC(=O)Nc4cc(C)on4)CC3)cs2)cc1. The van der Waals surface area contributed by atoms with Crippen LogP contribution in [0.1, 0.15) is 22.0 Å². The molecule has 4 rings (SSSR count). The lowest BCUT2D eigenvalue weighted by Gasteiger charge is -2.33. The molecule has 3 heterocycles. The minimum Gasteiger partial charge on any atom is -0.486 e. The fourth-order valence-corrected chi connectivity index (χ4v) is 4.11. The Hall–Kier alpha value is -2.75. The van der Waals surface area contributed by atoms with Crippen molar-refractivity contribution < 1.29 is 14.1 Å². The summed E-state index contributed by atoms with van der Waals surface area (Å²) in [6, 6.07) is 9.76. The lowest BCUT2D eigenvalue weighted by Crippen LogP contribution is -2.48. The van der Waals surface area contributed by atoms with Crippen molar-refractivity contribution in [2.45, 2.75) is 27.0 Å². The number of nitrogens with zero attached hydrogens (tertiary/aromatic N) is 4. The molecule has 1 aromatic carbocycles. The number of ether oxygens (including phenoxy) is 1. The van der Waals surface area contributed by atoms with Crippen LogP contribution in [0.15, 0.2) is 40.2 Å². The summed E-state index contributed by atoms with van der Waals surface area (Å²) in [6.07, 6.45) is 0. The highest BCUT2D eigenvalue weighted by molar-refractivity contribution is 7.09. The fraction of sp³-hybridized carbons (Fsp3) is 0.409. The van der Waals surface area contributed by atoms with Gasteiger partial charge in [-0.1, -0.05) is 22.9 Å². The van der Waals surface area contributed by atoms with E-state index < -0.39 is 0 Å². The Balaban J connectivity index is 1.17. The van der Waals surface area contributed by atoms with E-state index >= 15 is 0 Å². The molecule has 8 nitrogen and oxygen atoms in total. The van der Waals surface area contributed by atoms with Crippen LogP contribution in [0.2, 0.25) is 0 Å². The van der Waals surface area contributed by atoms with Gasteiger partial charge in [-0.05, 0) is 26.0 Å². The quantitative estimate of drug-likeness (QED) is 0.575. The van der Waals surface area contributed by atoms with Crippen molar-refractivity contribution >= 4 is 23.1 Å². The standard InChI is InChI=1S/C22H27N5O3S/c1-16-3-5-19(6-4-16)29-14-22-23-18(15-31-22)12-26-7-9-27(10-8-26)13-21(28)24-20-11-17(2)30-25-20/h3-6,11,15H,7-10,12-14H2,1-2H3,(H,24,25,28). The minimum atomic E-state index is -0.0699. The number of benzene rings is 1. The Kier molecular flexibility index (Phi) is 6.96. The molecule has 1 aliphatic heterocycles. The number of amides is 1. The van der Waals surface area contributed by atoms with E-state index in [1.54, 1.807) is 24.3 Å². The third kappa shape index (κ3) is 6.36. The van der Waals surface area contributed by atoms with Crippen LogP contribution in [-0.4, -0.2) is 58.6 Å². The predicted octanol–water partition coefficient (Wildman–Crippen LogP) is 3.08. The monoisotopic (exact) mass is 441 g/mol. The molecule has 1 amide bonds. The Bertz CT molecular complexity index is 993. The number of carbonyl (C=O) groups is 1. The first-order valence-corrected chi connectivity index (χ1v) is 11.2. The summed E-state index contributed by atoms with van der Waals surface area (Å²) in [4.78, 5) is 21.4. The van der Waals surface area contributed by atoms with Gasteiger partial charge in [0.25, 0.3) is 0 Å². The number of nitrogens with one attached hydrogen (secondary N) is 1. The molecule has 0 atom stereocenters. The molecule has 1 N–H and O–H groups in total. The number of rotatable bonds is 8. The molecular weight excluding hydrogens is 414 g/mol. The molecular formula is C22H27N5O3S. The lowest BCUT2D eigenvalue weighted by atomic mass is 10.2. The molecule has 31 heavy (non-hydrogen) atoms. The fourth-order valence-electron chi connectivity index (χ4n) is 3.41. The van der Waals surface area contributed by atoms with Gasteiger partial charge in [0.2, 0.25) is 5.91 Å². The molecule has 0 unspecified atom stereocenters. The highest BCUT2D eigenvalue weighted by Gasteiger charge is 2.20. The van der Waals surface area contributed by atoms with Gasteiger partial charge in [0.05, 0.1) is 12.2 Å². The van der Waals surface area contributed by atoms with Crippen LogP contribution in [0.25, 0.3) is 0 Å². The number of anilines is 1. The van der Waals surface area contributed by atoms with Crippen LogP contribution in [0.5, 0.6) is 5.75 Å². The van der Waals surface area contributed by atoms with Crippen LogP contribution < -0.4 is 10.1 Å². The Morgan fingerprint density at radius 2 is 1.90 bits per heavy atom. The molecule has 0 spiro atoms. The zero-order chi connectivity index (χ0) is 21.6. The van der Waals surface area contributed by atoms with Crippen molar-refractivity contribution in [2.75, 3.05) is 38.0 Å². The van der Waals surface area contributed by atoms with Gasteiger partial charge in [-0.25, -0.2) is 4.98 Å². The first-order chi connectivity index (χ1) is 15.0. The molecule has 0 radical (unpaired) electrons. The number of piperazine rings is 1. The number of hydrogen-bond acceptors (Lipinski definition) is 8. The second kappa shape index (κ2) is 10.0. The van der Waals surface area contributed by atoms with E-state index in [2.05, 4.69) is 32.6 Å². The summed E-state index contributed by atoms with van der Waals surface area (Å²) in [5, 5.41) is 9.65. The number of aryl methyl sites for hydroxylation is 2. The highest BCUT2D eigenvalue weighted by Crippen LogP contribution is 2.17. The van der Waals surface area contributed by atoms with E-state index in [1.165, 1.54) is 5.56 Å². The van der Waals surface area contributed by atoms with Gasteiger partial charge in [-0.3, -0.25) is 14.6 Å². The summed E-state index contributed by atoms with van der Waals surface area (Å²) in [6.45, 7) is 9.02. The van der Waals surface area contributed by atoms with Gasteiger partial charge in [-0.15, -0.1) is 11.3 Å². The van der Waals surface area contributed by atoms with Gasteiger partial charge >= 0.3 is 0 Å². The van der Waals surface area contributed by atoms with Crippen LogP contribution >= 0.6 is 11.3 Å². The van der Waals surface area contributed by atoms with Crippen LogP contribution in [0.4, 0.5) is 5.82 Å². The van der Waals surface area contributed by atoms with Gasteiger partial charge < -0.3 is 14.6 Å². The molecule has 0 bridgehead atoms. The van der Waals surface area contributed by atoms with Crippen LogP contribution in [0, 0.1) is 13.8 Å². The molecule has 0 saturated carbocycles. The average molecular weight is 442 g/mol. The largest absolute Gasteiger partial charge is 0.486 e. The molecule has 1 aliphatic rings. The summed E-state index contributed by atoms with van der Waals surface area (Å²) in [5.74, 6) is 1.93. The second-order valence-electron chi connectivity index (χ2n) is 7.76. The first-order valence-electron chi connectivity index (χ1n) is 10.3. The molecule has 1 fully saturated rings. The van der Waals surface area contributed by atoms with Crippen molar-refractivity contribution in [2.24, 2.45) is 0 Å². The third-order valence-electron chi connectivity index (χ3n) is 5.10. The zero-order valence-corrected chi connectivity index (χ0v) is 18.7. The summed E-state index contributed by atoms with van der Waals surface area (Å²) in [7, 11) is 0. The van der Waals surface area contributed by atoms with E-state index in [-0.39, 0.29) is 5.91 Å². The van der Waals surface area contributed by atoms with Gasteiger partial charge in [0.15, 0.2) is 5.82 Å². The van der Waals surface area contributed by atoms with Crippen molar-refractivity contribution in [1.82, 2.24) is 19.9 Å². The number of carbonyl (C=O) groups excluding carboxylic acids is 1. The van der Waals surface area contributed by atoms with Crippen LogP contribution in [-0.2, 0) is 17.9 Å². The van der Waals surface area contributed by atoms with E-state index in [0.29, 0.717) is 24.7 Å². The van der Waals surface area contributed by atoms with E-state index in [0.717, 1.165) is 49.2 Å². The summed E-state index contributed by atoms with van der Waals surface area (Å²) < 4.78 is 10.8. The topological polar surface area (TPSA) is 83.7 Å². The first kappa shape index (κ1) is 21.5. The Morgan fingerprint density at radius 1 is 1.16 bits per heavy atom. The molecule has 2 aromatic heterocycles. The van der Waals surface area contributed by atoms with E-state index in [9.17, 15) is 4.79 Å². The number of hydrogen-bond donors (Lipinski definition) is 1. The number of thiazole rings is 1. The van der Waals surface area contributed by atoms with Gasteiger partial charge in [-0.2, -0.15) is 0 Å². The maximum absolute atomic E-state index is 12.2. The maximum Gasteiger partial charge on any atom is 0.239 e. The lowest BCUT2D eigenvalue weighted by molar-refractivity contribution is -0.117. The van der Waals surface area contributed by atoms with Crippen molar-refractivity contribution in [3.05, 3.63) is 57.7 Å². The van der Waals surface area contributed by atoms with Gasteiger partial charge in [0.1, 0.15) is 23.1 Å². The molecule has 0 aliphatic carbocycles.